The van der Waals surface area contributed by atoms with Gasteiger partial charge in [0.05, 0.1) is 4.92 Å². The zero-order valence-corrected chi connectivity index (χ0v) is 10.0. The van der Waals surface area contributed by atoms with Crippen molar-refractivity contribution in [1.82, 2.24) is 0 Å². The van der Waals surface area contributed by atoms with Crippen LogP contribution in [-0.2, 0) is 4.79 Å². The molecule has 1 aromatic rings. The van der Waals surface area contributed by atoms with Crippen molar-refractivity contribution in [2.75, 3.05) is 6.61 Å². The Bertz CT molecular complexity index is 487. The van der Waals surface area contributed by atoms with E-state index in [1.54, 1.807) is 19.9 Å². The highest BCUT2D eigenvalue weighted by molar-refractivity contribution is 5.73. The van der Waals surface area contributed by atoms with Gasteiger partial charge in [-0.25, -0.2) is 0 Å². The van der Waals surface area contributed by atoms with Gasteiger partial charge in [0.25, 0.3) is 0 Å². The van der Waals surface area contributed by atoms with Crippen LogP contribution < -0.4 is 10.5 Å². The van der Waals surface area contributed by atoms with E-state index in [1.807, 2.05) is 0 Å². The van der Waals surface area contributed by atoms with E-state index < -0.39 is 16.9 Å². The van der Waals surface area contributed by atoms with E-state index in [9.17, 15) is 14.9 Å². The van der Waals surface area contributed by atoms with Crippen molar-refractivity contribution >= 4 is 11.7 Å². The molecule has 0 aliphatic rings. The molecule has 0 amide bonds. The molecule has 1 aromatic carbocycles. The first-order valence-electron chi connectivity index (χ1n) is 5.19. The van der Waals surface area contributed by atoms with Crippen LogP contribution in [0.2, 0.25) is 0 Å². The van der Waals surface area contributed by atoms with Crippen molar-refractivity contribution in [2.24, 2.45) is 5.73 Å². The first-order valence-corrected chi connectivity index (χ1v) is 5.19. The molecule has 0 spiro atoms. The number of rotatable bonds is 5. The zero-order chi connectivity index (χ0) is 13.9. The molecule has 18 heavy (non-hydrogen) atoms. The van der Waals surface area contributed by atoms with E-state index in [1.165, 1.54) is 6.07 Å². The fraction of sp³-hybridized carbons (Fsp3) is 0.364. The second-order valence-electron chi connectivity index (χ2n) is 3.94. The highest BCUT2D eigenvalue weighted by atomic mass is 16.6. The summed E-state index contributed by atoms with van der Waals surface area (Å²) in [6, 6.07) is 1.87. The Hall–Kier alpha value is -2.15. The number of hydrogen-bond donors (Lipinski definition) is 2. The van der Waals surface area contributed by atoms with Crippen LogP contribution in [0.3, 0.4) is 0 Å². The lowest BCUT2D eigenvalue weighted by molar-refractivity contribution is -0.386. The van der Waals surface area contributed by atoms with Crippen LogP contribution in [0.4, 0.5) is 5.69 Å². The van der Waals surface area contributed by atoms with Gasteiger partial charge in [-0.3, -0.25) is 14.9 Å². The van der Waals surface area contributed by atoms with Crippen molar-refractivity contribution in [1.29, 1.82) is 0 Å². The van der Waals surface area contributed by atoms with E-state index in [-0.39, 0.29) is 18.0 Å². The standard InChI is InChI=1S/C11H14N2O5/c1-6-3-7(2)10(9(4-6)13(16)17)18-5-8(12)11(14)15/h3-4,8H,5,12H2,1-2H3,(H,14,15). The Labute approximate surface area is 103 Å². The largest absolute Gasteiger partial charge is 0.484 e. The van der Waals surface area contributed by atoms with Gasteiger partial charge in [0.1, 0.15) is 12.6 Å². The molecular weight excluding hydrogens is 240 g/mol. The molecule has 0 radical (unpaired) electrons. The van der Waals surface area contributed by atoms with Crippen LogP contribution in [0.5, 0.6) is 5.75 Å². The predicted molar refractivity (Wildman–Crippen MR) is 63.7 cm³/mol. The smallest absolute Gasteiger partial charge is 0.324 e. The number of nitro groups is 1. The Balaban J connectivity index is 3.00. The number of carboxylic acids is 1. The number of benzene rings is 1. The molecule has 0 heterocycles. The molecule has 7 heteroatoms. The lowest BCUT2D eigenvalue weighted by Gasteiger charge is -2.12. The quantitative estimate of drug-likeness (QED) is 0.598. The Morgan fingerprint density at radius 3 is 2.67 bits per heavy atom. The minimum Gasteiger partial charge on any atom is -0.484 e. The molecule has 0 fully saturated rings. The topological polar surface area (TPSA) is 116 Å². The molecule has 1 atom stereocenters. The summed E-state index contributed by atoms with van der Waals surface area (Å²) in [6.07, 6.45) is 0. The van der Waals surface area contributed by atoms with E-state index in [2.05, 4.69) is 0 Å². The van der Waals surface area contributed by atoms with Crippen molar-refractivity contribution in [3.63, 3.8) is 0 Å². The molecule has 1 unspecified atom stereocenters. The summed E-state index contributed by atoms with van der Waals surface area (Å²) in [5.41, 5.74) is 6.39. The van der Waals surface area contributed by atoms with Gasteiger partial charge in [-0.2, -0.15) is 0 Å². The summed E-state index contributed by atoms with van der Waals surface area (Å²) in [7, 11) is 0. The molecule has 1 rings (SSSR count). The number of carbonyl (C=O) groups is 1. The summed E-state index contributed by atoms with van der Waals surface area (Å²) < 4.78 is 5.16. The van der Waals surface area contributed by atoms with E-state index in [0.717, 1.165) is 5.56 Å². The fourth-order valence-electron chi connectivity index (χ4n) is 1.50. The second kappa shape index (κ2) is 5.46. The highest BCUT2D eigenvalue weighted by Gasteiger charge is 2.20. The Kier molecular flexibility index (Phi) is 4.22. The average Bonchev–Trinajstić information content (AvgIpc) is 2.26. The summed E-state index contributed by atoms with van der Waals surface area (Å²) in [6.45, 7) is 3.06. The number of ether oxygens (including phenoxy) is 1. The van der Waals surface area contributed by atoms with Gasteiger partial charge in [0.15, 0.2) is 5.75 Å². The second-order valence-corrected chi connectivity index (χ2v) is 3.94. The number of nitrogens with zero attached hydrogens (tertiary/aromatic N) is 1. The molecule has 0 aliphatic carbocycles. The summed E-state index contributed by atoms with van der Waals surface area (Å²) in [4.78, 5) is 20.9. The van der Waals surface area contributed by atoms with Gasteiger partial charge in [-0.15, -0.1) is 0 Å². The van der Waals surface area contributed by atoms with Crippen LogP contribution in [0.1, 0.15) is 11.1 Å². The minimum absolute atomic E-state index is 0.0577. The summed E-state index contributed by atoms with van der Waals surface area (Å²) in [5, 5.41) is 19.5. The molecule has 98 valence electrons. The Morgan fingerprint density at radius 1 is 1.56 bits per heavy atom. The van der Waals surface area contributed by atoms with Gasteiger partial charge >= 0.3 is 11.7 Å². The molecule has 0 saturated heterocycles. The lowest BCUT2D eigenvalue weighted by atomic mass is 10.1. The molecule has 0 aliphatic heterocycles. The SMILES string of the molecule is Cc1cc(C)c(OCC(N)C(=O)O)c([N+](=O)[O-])c1. The predicted octanol–water partition coefficient (Wildman–Crippen LogP) is 1.00. The molecule has 0 aromatic heterocycles. The average molecular weight is 254 g/mol. The monoisotopic (exact) mass is 254 g/mol. The summed E-state index contributed by atoms with van der Waals surface area (Å²) >= 11 is 0. The van der Waals surface area contributed by atoms with Gasteiger partial charge in [0.2, 0.25) is 0 Å². The van der Waals surface area contributed by atoms with E-state index >= 15 is 0 Å². The number of aryl methyl sites for hydroxylation is 2. The molecule has 7 nitrogen and oxygen atoms in total. The first kappa shape index (κ1) is 13.9. The number of hydrogen-bond acceptors (Lipinski definition) is 5. The Morgan fingerprint density at radius 2 is 2.17 bits per heavy atom. The molecular formula is C11H14N2O5. The van der Waals surface area contributed by atoms with Crippen molar-refractivity contribution in [3.8, 4) is 5.75 Å². The van der Waals surface area contributed by atoms with Crippen LogP contribution in [0.25, 0.3) is 0 Å². The molecule has 3 N–H and O–H groups in total. The van der Waals surface area contributed by atoms with Gasteiger partial charge in [0, 0.05) is 6.07 Å². The van der Waals surface area contributed by atoms with E-state index in [0.29, 0.717) is 5.56 Å². The maximum absolute atomic E-state index is 10.9. The van der Waals surface area contributed by atoms with Crippen LogP contribution in [0.15, 0.2) is 12.1 Å². The number of carboxylic acid groups (broad SMARTS) is 1. The fourth-order valence-corrected chi connectivity index (χ4v) is 1.50. The van der Waals surface area contributed by atoms with Crippen LogP contribution in [-0.4, -0.2) is 28.6 Å². The third kappa shape index (κ3) is 3.17. The highest BCUT2D eigenvalue weighted by Crippen LogP contribution is 2.31. The van der Waals surface area contributed by atoms with Crippen LogP contribution >= 0.6 is 0 Å². The number of aliphatic carboxylic acids is 1. The zero-order valence-electron chi connectivity index (χ0n) is 10.0. The molecule has 0 saturated carbocycles. The molecule has 0 bridgehead atoms. The normalized spacial score (nSPS) is 11.9. The minimum atomic E-state index is -1.22. The summed E-state index contributed by atoms with van der Waals surface area (Å²) in [5.74, 6) is -1.16. The van der Waals surface area contributed by atoms with Crippen LogP contribution in [0, 0.1) is 24.0 Å². The van der Waals surface area contributed by atoms with Crippen molar-refractivity contribution in [3.05, 3.63) is 33.4 Å². The number of nitro benzene ring substituents is 1. The first-order chi connectivity index (χ1) is 8.32. The van der Waals surface area contributed by atoms with Gasteiger partial charge in [-0.05, 0) is 25.0 Å². The van der Waals surface area contributed by atoms with Gasteiger partial charge < -0.3 is 15.6 Å². The van der Waals surface area contributed by atoms with Gasteiger partial charge in [-0.1, -0.05) is 6.07 Å². The maximum atomic E-state index is 10.9. The van der Waals surface area contributed by atoms with Crippen molar-refractivity contribution < 1.29 is 19.6 Å². The van der Waals surface area contributed by atoms with E-state index in [4.69, 9.17) is 15.6 Å². The lowest BCUT2D eigenvalue weighted by Crippen LogP contribution is -2.36. The third-order valence-corrected chi connectivity index (χ3v) is 2.32. The number of nitrogens with two attached hydrogens (primary N) is 1. The van der Waals surface area contributed by atoms with Crippen molar-refractivity contribution in [2.45, 2.75) is 19.9 Å². The maximum Gasteiger partial charge on any atom is 0.324 e. The third-order valence-electron chi connectivity index (χ3n) is 2.32.